The Hall–Kier alpha value is -1.75. The lowest BCUT2D eigenvalue weighted by Crippen LogP contribution is -2.14. The molecule has 0 fully saturated rings. The van der Waals surface area contributed by atoms with Crippen molar-refractivity contribution in [3.05, 3.63) is 52.2 Å². The summed E-state index contributed by atoms with van der Waals surface area (Å²) in [5.41, 5.74) is 1.15. The van der Waals surface area contributed by atoms with Crippen LogP contribution in [0.4, 0.5) is 14.5 Å². The first-order valence-corrected chi connectivity index (χ1v) is 5.85. The van der Waals surface area contributed by atoms with Gasteiger partial charge in [0.25, 0.3) is 0 Å². The van der Waals surface area contributed by atoms with Crippen molar-refractivity contribution in [2.75, 3.05) is 5.32 Å². The fourth-order valence-corrected chi connectivity index (χ4v) is 2.03. The summed E-state index contributed by atoms with van der Waals surface area (Å²) in [7, 11) is 0. The number of hydrogen-bond acceptors (Lipinski definition) is 2. The van der Waals surface area contributed by atoms with E-state index in [9.17, 15) is 13.6 Å². The highest BCUT2D eigenvalue weighted by Crippen LogP contribution is 2.14. The molecule has 1 aromatic heterocycles. The quantitative estimate of drug-likeness (QED) is 0.894. The summed E-state index contributed by atoms with van der Waals surface area (Å²) in [5, 5.41) is 6.25. The molecular formula is C12H9F2NOS. The summed E-state index contributed by atoms with van der Waals surface area (Å²) >= 11 is 1.50. The van der Waals surface area contributed by atoms with Gasteiger partial charge in [0.2, 0.25) is 5.91 Å². The molecule has 0 saturated heterocycles. The van der Waals surface area contributed by atoms with Crippen LogP contribution >= 0.6 is 11.3 Å². The number of rotatable bonds is 3. The van der Waals surface area contributed by atoms with E-state index in [4.69, 9.17) is 0 Å². The molecule has 88 valence electrons. The van der Waals surface area contributed by atoms with Crippen LogP contribution in [0.15, 0.2) is 35.0 Å². The summed E-state index contributed by atoms with van der Waals surface area (Å²) in [6.45, 7) is 0. The van der Waals surface area contributed by atoms with Crippen LogP contribution in [-0.4, -0.2) is 5.91 Å². The average Bonchev–Trinajstić information content (AvgIpc) is 2.76. The van der Waals surface area contributed by atoms with Crippen LogP contribution in [-0.2, 0) is 11.2 Å². The van der Waals surface area contributed by atoms with Gasteiger partial charge in [-0.25, -0.2) is 8.78 Å². The van der Waals surface area contributed by atoms with Crippen LogP contribution in [0.1, 0.15) is 5.56 Å². The van der Waals surface area contributed by atoms with Crippen molar-refractivity contribution in [2.24, 2.45) is 0 Å². The largest absolute Gasteiger partial charge is 0.326 e. The molecule has 17 heavy (non-hydrogen) atoms. The van der Waals surface area contributed by atoms with Crippen molar-refractivity contribution in [3.63, 3.8) is 0 Å². The number of carbonyl (C=O) groups is 1. The van der Waals surface area contributed by atoms with E-state index in [0.29, 0.717) is 0 Å². The first-order chi connectivity index (χ1) is 8.15. The Morgan fingerprint density at radius 3 is 2.71 bits per heavy atom. The molecule has 2 rings (SSSR count). The summed E-state index contributed by atoms with van der Waals surface area (Å²) in [4.78, 5) is 11.6. The minimum absolute atomic E-state index is 0.225. The molecule has 2 nitrogen and oxygen atoms in total. The summed E-state index contributed by atoms with van der Waals surface area (Å²) in [5.74, 6) is -2.16. The van der Waals surface area contributed by atoms with Crippen LogP contribution in [0.2, 0.25) is 0 Å². The normalized spacial score (nSPS) is 10.2. The first kappa shape index (κ1) is 11.7. The fraction of sp³-hybridized carbons (Fsp3) is 0.0833. The highest BCUT2D eigenvalue weighted by atomic mass is 32.1. The summed E-state index contributed by atoms with van der Waals surface area (Å²) < 4.78 is 25.5. The van der Waals surface area contributed by atoms with Gasteiger partial charge >= 0.3 is 0 Å². The Balaban J connectivity index is 2.00. The lowest BCUT2D eigenvalue weighted by atomic mass is 10.2. The third-order valence-electron chi connectivity index (χ3n) is 2.15. The van der Waals surface area contributed by atoms with Gasteiger partial charge in [0.1, 0.15) is 0 Å². The van der Waals surface area contributed by atoms with E-state index in [1.807, 2.05) is 16.8 Å². The minimum atomic E-state index is -0.974. The topological polar surface area (TPSA) is 29.1 Å². The minimum Gasteiger partial charge on any atom is -0.326 e. The molecule has 0 spiro atoms. The van der Waals surface area contributed by atoms with E-state index in [2.05, 4.69) is 5.32 Å². The second kappa shape index (κ2) is 5.05. The number of benzene rings is 1. The van der Waals surface area contributed by atoms with Gasteiger partial charge in [-0.1, -0.05) is 0 Å². The van der Waals surface area contributed by atoms with Crippen molar-refractivity contribution < 1.29 is 13.6 Å². The molecule has 0 radical (unpaired) electrons. The van der Waals surface area contributed by atoms with Crippen molar-refractivity contribution in [3.8, 4) is 0 Å². The summed E-state index contributed by atoms with van der Waals surface area (Å²) in [6, 6.07) is 5.11. The molecule has 1 N–H and O–H groups in total. The molecule has 0 saturated carbocycles. The molecule has 0 aliphatic heterocycles. The van der Waals surface area contributed by atoms with E-state index >= 15 is 0 Å². The van der Waals surface area contributed by atoms with Gasteiger partial charge in [-0.05, 0) is 34.5 Å². The predicted molar refractivity (Wildman–Crippen MR) is 63.0 cm³/mol. The molecule has 0 aliphatic carbocycles. The van der Waals surface area contributed by atoms with Crippen molar-refractivity contribution in [1.29, 1.82) is 0 Å². The van der Waals surface area contributed by atoms with Gasteiger partial charge in [0.05, 0.1) is 6.42 Å². The van der Waals surface area contributed by atoms with Crippen LogP contribution in [0.5, 0.6) is 0 Å². The zero-order valence-electron chi connectivity index (χ0n) is 8.74. The number of carbonyl (C=O) groups excluding carboxylic acids is 1. The molecule has 2 aromatic rings. The standard InChI is InChI=1S/C12H9F2NOS/c13-10-2-1-9(6-11(10)14)15-12(16)5-8-3-4-17-7-8/h1-4,6-7H,5H2,(H,15,16). The van der Waals surface area contributed by atoms with Crippen LogP contribution < -0.4 is 5.32 Å². The molecule has 0 aliphatic rings. The van der Waals surface area contributed by atoms with Gasteiger partial charge in [0.15, 0.2) is 11.6 Å². The molecule has 0 atom stereocenters. The van der Waals surface area contributed by atoms with Crippen LogP contribution in [0.25, 0.3) is 0 Å². The molecule has 1 aromatic carbocycles. The second-order valence-corrected chi connectivity index (χ2v) is 4.27. The molecule has 1 amide bonds. The van der Waals surface area contributed by atoms with E-state index in [-0.39, 0.29) is 18.0 Å². The van der Waals surface area contributed by atoms with Crippen molar-refractivity contribution in [2.45, 2.75) is 6.42 Å². The highest BCUT2D eigenvalue weighted by molar-refractivity contribution is 7.08. The summed E-state index contributed by atoms with van der Waals surface area (Å²) in [6.07, 6.45) is 0.225. The number of nitrogens with one attached hydrogen (secondary N) is 1. The van der Waals surface area contributed by atoms with Gasteiger partial charge < -0.3 is 5.32 Å². The highest BCUT2D eigenvalue weighted by Gasteiger charge is 2.07. The van der Waals surface area contributed by atoms with E-state index in [1.165, 1.54) is 17.4 Å². The van der Waals surface area contributed by atoms with Crippen molar-refractivity contribution in [1.82, 2.24) is 0 Å². The second-order valence-electron chi connectivity index (χ2n) is 3.49. The molecule has 5 heteroatoms. The SMILES string of the molecule is O=C(Cc1ccsc1)Nc1ccc(F)c(F)c1. The zero-order chi connectivity index (χ0) is 12.3. The van der Waals surface area contributed by atoms with Gasteiger partial charge in [-0.15, -0.1) is 0 Å². The Morgan fingerprint density at radius 1 is 1.24 bits per heavy atom. The van der Waals surface area contributed by atoms with E-state index in [0.717, 1.165) is 17.7 Å². The third-order valence-corrected chi connectivity index (χ3v) is 2.88. The van der Waals surface area contributed by atoms with Gasteiger partial charge in [-0.3, -0.25) is 4.79 Å². The maximum absolute atomic E-state index is 12.9. The monoisotopic (exact) mass is 253 g/mol. The average molecular weight is 253 g/mol. The Labute approximate surface area is 101 Å². The molecule has 1 heterocycles. The Morgan fingerprint density at radius 2 is 2.06 bits per heavy atom. The zero-order valence-corrected chi connectivity index (χ0v) is 9.56. The number of hydrogen-bond donors (Lipinski definition) is 1. The number of halogens is 2. The molecule has 0 bridgehead atoms. The number of amides is 1. The Bertz CT molecular complexity index is 525. The first-order valence-electron chi connectivity index (χ1n) is 4.91. The molecule has 0 unspecified atom stereocenters. The molecular weight excluding hydrogens is 244 g/mol. The lowest BCUT2D eigenvalue weighted by Gasteiger charge is -2.04. The van der Waals surface area contributed by atoms with Gasteiger partial charge in [-0.2, -0.15) is 11.3 Å². The van der Waals surface area contributed by atoms with Crippen molar-refractivity contribution >= 4 is 22.9 Å². The number of anilines is 1. The maximum atomic E-state index is 12.9. The van der Waals surface area contributed by atoms with E-state index in [1.54, 1.807) is 0 Å². The fourth-order valence-electron chi connectivity index (χ4n) is 1.36. The maximum Gasteiger partial charge on any atom is 0.228 e. The van der Waals surface area contributed by atoms with Crippen LogP contribution in [0.3, 0.4) is 0 Å². The third kappa shape index (κ3) is 3.10. The number of thiophene rings is 1. The van der Waals surface area contributed by atoms with E-state index < -0.39 is 11.6 Å². The van der Waals surface area contributed by atoms with Crippen LogP contribution in [0, 0.1) is 11.6 Å². The lowest BCUT2D eigenvalue weighted by molar-refractivity contribution is -0.115. The smallest absolute Gasteiger partial charge is 0.228 e. The van der Waals surface area contributed by atoms with Gasteiger partial charge in [0, 0.05) is 11.8 Å². The Kier molecular flexibility index (Phi) is 3.49. The predicted octanol–water partition coefficient (Wildman–Crippen LogP) is 3.21.